The first-order chi connectivity index (χ1) is 15.0. The molecule has 4 aromatic carbocycles. The van der Waals surface area contributed by atoms with Crippen LogP contribution >= 0.6 is 11.3 Å². The third kappa shape index (κ3) is 7.70. The van der Waals surface area contributed by atoms with Gasteiger partial charge in [0.2, 0.25) is 0 Å². The summed E-state index contributed by atoms with van der Waals surface area (Å²) in [7, 11) is 0. The molecule has 0 fully saturated rings. The Hall–Kier alpha value is -2.14. The van der Waals surface area contributed by atoms with Crippen molar-refractivity contribution in [1.29, 1.82) is 0 Å². The number of aryl methyl sites for hydroxylation is 2. The van der Waals surface area contributed by atoms with Crippen molar-refractivity contribution in [3.63, 3.8) is 0 Å². The predicted molar refractivity (Wildman–Crippen MR) is 130 cm³/mol. The maximum absolute atomic E-state index is 9.55. The van der Waals surface area contributed by atoms with E-state index in [4.69, 9.17) is 0 Å². The van der Waals surface area contributed by atoms with Crippen molar-refractivity contribution in [2.24, 2.45) is 0 Å². The van der Waals surface area contributed by atoms with Crippen LogP contribution in [0.25, 0.3) is 21.5 Å². The Labute approximate surface area is 222 Å². The van der Waals surface area contributed by atoms with Crippen LogP contribution in [-0.2, 0) is 20.0 Å². The van der Waals surface area contributed by atoms with Gasteiger partial charge < -0.3 is 35.0 Å². The number of hydrogen-bond acceptors (Lipinski definition) is 3. The molecule has 0 spiro atoms. The Bertz CT molecular complexity index is 1150. The van der Waals surface area contributed by atoms with E-state index in [0.717, 1.165) is 32.7 Å². The van der Waals surface area contributed by atoms with Crippen LogP contribution < -0.4 is 24.8 Å². The van der Waals surface area contributed by atoms with E-state index < -0.39 is 0 Å². The first-order valence-corrected chi connectivity index (χ1v) is 11.7. The summed E-state index contributed by atoms with van der Waals surface area (Å²) in [5, 5.41) is 25.3. The Morgan fingerprint density at radius 3 is 1.36 bits per heavy atom. The molecule has 1 aromatic heterocycles. The third-order valence-electron chi connectivity index (χ3n) is 4.87. The van der Waals surface area contributed by atoms with Gasteiger partial charge in [0.25, 0.3) is 0 Å². The molecule has 0 aliphatic carbocycles. The summed E-state index contributed by atoms with van der Waals surface area (Å²) in [4.78, 5) is 1.35. The van der Waals surface area contributed by atoms with Gasteiger partial charge in [-0.2, -0.15) is 0 Å². The molecule has 5 rings (SSSR count). The van der Waals surface area contributed by atoms with Crippen LogP contribution in [0.3, 0.4) is 0 Å². The van der Waals surface area contributed by atoms with Gasteiger partial charge >= 0.3 is 58.0 Å². The van der Waals surface area contributed by atoms with E-state index in [0.29, 0.717) is 11.5 Å². The number of rotatable bonds is 1. The number of thiophene rings is 1. The molecule has 0 aliphatic heterocycles. The van der Waals surface area contributed by atoms with Gasteiger partial charge in [-0.15, -0.1) is 0 Å². The van der Waals surface area contributed by atoms with Crippen molar-refractivity contribution in [2.45, 2.75) is 13.8 Å². The topological polar surface area (TPSA) is 40.5 Å². The molecule has 2 nitrogen and oxygen atoms in total. The number of fused-ring (bicyclic) bond motifs is 2. The molecule has 0 atom stereocenters. The van der Waals surface area contributed by atoms with Gasteiger partial charge in [0.05, 0.1) is 0 Å². The molecule has 0 unspecified atom stereocenters. The Kier molecular flexibility index (Phi) is 12.4. The second-order valence-corrected chi connectivity index (χ2v) is 8.49. The van der Waals surface area contributed by atoms with Gasteiger partial charge in [-0.3, -0.25) is 0 Å². The first kappa shape index (κ1) is 28.9. The van der Waals surface area contributed by atoms with Gasteiger partial charge in [0, 0.05) is 10.8 Å². The zero-order valence-corrected chi connectivity index (χ0v) is 22.2. The molecule has 2 N–H and O–H groups in total. The molecule has 0 saturated carbocycles. The van der Waals surface area contributed by atoms with Gasteiger partial charge in [-0.05, 0) is 47.9 Å². The average molecular weight is 531 g/mol. The second kappa shape index (κ2) is 14.2. The number of phenolic OH excluding ortho intramolecular Hbond substituents is 2. The number of phenols is 2. The molecule has 0 amide bonds. The van der Waals surface area contributed by atoms with Crippen LogP contribution in [0.2, 0.25) is 0 Å². The molecule has 33 heavy (non-hydrogen) atoms. The Morgan fingerprint density at radius 2 is 1.06 bits per heavy atom. The zero-order chi connectivity index (χ0) is 22.2. The normalized spacial score (nSPS) is 9.36. The van der Waals surface area contributed by atoms with E-state index in [-0.39, 0.29) is 24.8 Å². The van der Waals surface area contributed by atoms with Crippen molar-refractivity contribution in [2.75, 3.05) is 0 Å². The van der Waals surface area contributed by atoms with E-state index >= 15 is 0 Å². The van der Waals surface area contributed by atoms with Crippen LogP contribution in [0.5, 0.6) is 11.5 Å². The van der Waals surface area contributed by atoms with Gasteiger partial charge in [0.15, 0.2) is 0 Å². The molecular formula is C27H24Cl2O2STi-2. The van der Waals surface area contributed by atoms with Crippen LogP contribution in [0, 0.1) is 13.8 Å². The molecule has 1 heterocycles. The first-order valence-electron chi connectivity index (χ1n) is 9.90. The molecule has 0 aliphatic rings. The molecule has 0 bridgehead atoms. The Balaban J connectivity index is 0.000000249. The van der Waals surface area contributed by atoms with Crippen LogP contribution in [0.15, 0.2) is 90.3 Å². The van der Waals surface area contributed by atoms with Gasteiger partial charge in [-0.25, -0.2) is 0 Å². The number of halogens is 2. The summed E-state index contributed by atoms with van der Waals surface area (Å²) in [5.74, 6) is 0.733. The monoisotopic (exact) mass is 530 g/mol. The number of hydrogen-bond donors (Lipinski definition) is 2. The van der Waals surface area contributed by atoms with Crippen LogP contribution in [-0.4, -0.2) is 14.5 Å². The fourth-order valence-electron chi connectivity index (χ4n) is 3.38. The van der Waals surface area contributed by atoms with Gasteiger partial charge in [-0.1, -0.05) is 60.7 Å². The van der Waals surface area contributed by atoms with E-state index in [1.807, 2.05) is 94.5 Å². The average Bonchev–Trinajstić information content (AvgIpc) is 3.29. The molecule has 6 heteroatoms. The van der Waals surface area contributed by atoms with Crippen molar-refractivity contribution >= 4 is 37.2 Å². The number of benzene rings is 4. The summed E-state index contributed by atoms with van der Waals surface area (Å²) in [5.41, 5.74) is 2.23. The SMILES string of the molecule is Cc1cccc2cccc(O)c12.Cc1cccc2cccc(O)c12.[Cl-].[Cl-].[Ti]=[CH]c1cccs1. The van der Waals surface area contributed by atoms with Crippen LogP contribution in [0.1, 0.15) is 16.0 Å². The molecular weight excluding hydrogens is 507 g/mol. The van der Waals surface area contributed by atoms with Gasteiger partial charge in [0.1, 0.15) is 11.5 Å². The zero-order valence-electron chi connectivity index (χ0n) is 18.3. The predicted octanol–water partition coefficient (Wildman–Crippen LogP) is 1.16. The quantitative estimate of drug-likeness (QED) is 0.319. The number of aromatic hydroxyl groups is 2. The van der Waals surface area contributed by atoms with E-state index in [2.05, 4.69) is 21.8 Å². The minimum absolute atomic E-state index is 0. The van der Waals surface area contributed by atoms with Crippen molar-refractivity contribution in [3.05, 3.63) is 106 Å². The summed E-state index contributed by atoms with van der Waals surface area (Å²) >= 11 is 3.81. The van der Waals surface area contributed by atoms with Crippen molar-refractivity contribution in [3.8, 4) is 11.5 Å². The standard InChI is InChI=1S/2C11H10O.C5H4S.2ClH.Ti/c2*1-8-4-2-5-9-6-3-7-10(12)11(8)9;1-5-3-2-4-6-5;;;/h2*2-7,12H,1H3;1-4H;2*1H;/p-2. The fraction of sp³-hybridized carbons (Fsp3) is 0.0741. The molecule has 0 radical (unpaired) electrons. The molecule has 170 valence electrons. The summed E-state index contributed by atoms with van der Waals surface area (Å²) in [6.07, 6.45) is 0. The van der Waals surface area contributed by atoms with Crippen LogP contribution in [0.4, 0.5) is 0 Å². The van der Waals surface area contributed by atoms with E-state index in [9.17, 15) is 10.2 Å². The molecule has 0 saturated heterocycles. The molecule has 5 aromatic rings. The second-order valence-electron chi connectivity index (χ2n) is 7.06. The minimum atomic E-state index is 0. The summed E-state index contributed by atoms with van der Waals surface area (Å²) in [6, 6.07) is 27.3. The summed E-state index contributed by atoms with van der Waals surface area (Å²) in [6.45, 7) is 4.00. The van der Waals surface area contributed by atoms with Crippen molar-refractivity contribution < 1.29 is 55.0 Å². The Morgan fingerprint density at radius 1 is 0.636 bits per heavy atom. The van der Waals surface area contributed by atoms with E-state index in [1.54, 1.807) is 23.5 Å². The maximum atomic E-state index is 9.55. The third-order valence-corrected chi connectivity index (χ3v) is 6.50. The fourth-order valence-corrected chi connectivity index (χ4v) is 4.39. The van der Waals surface area contributed by atoms with E-state index in [1.165, 1.54) is 4.88 Å². The summed E-state index contributed by atoms with van der Waals surface area (Å²) < 4.78 is 2.10. The van der Waals surface area contributed by atoms with Crippen molar-refractivity contribution in [1.82, 2.24) is 0 Å².